The Labute approximate surface area is 82.3 Å². The summed E-state index contributed by atoms with van der Waals surface area (Å²) in [6.07, 6.45) is 0. The van der Waals surface area contributed by atoms with Crippen LogP contribution in [0.5, 0.6) is 0 Å². The summed E-state index contributed by atoms with van der Waals surface area (Å²) in [5, 5.41) is 9.12. The lowest BCUT2D eigenvalue weighted by atomic mass is 9.88. The van der Waals surface area contributed by atoms with Crippen molar-refractivity contribution in [2.24, 2.45) is 0 Å². The highest BCUT2D eigenvalue weighted by atomic mass is 16.6. The van der Waals surface area contributed by atoms with Crippen LogP contribution in [0.4, 0.5) is 0 Å². The van der Waals surface area contributed by atoms with E-state index in [0.29, 0.717) is 6.61 Å². The molecule has 0 radical (unpaired) electrons. The van der Waals surface area contributed by atoms with E-state index in [-0.39, 0.29) is 0 Å². The van der Waals surface area contributed by atoms with Gasteiger partial charge < -0.3 is 9.84 Å². The Balaban J connectivity index is 2.33. The molecule has 3 heteroatoms. The highest BCUT2D eigenvalue weighted by Crippen LogP contribution is 2.41. The van der Waals surface area contributed by atoms with Crippen molar-refractivity contribution in [3.63, 3.8) is 0 Å². The Morgan fingerprint density at radius 1 is 1.50 bits per heavy atom. The van der Waals surface area contributed by atoms with Gasteiger partial charge in [-0.3, -0.25) is 4.79 Å². The maximum Gasteiger partial charge on any atom is 0.314 e. The standard InChI is InChI=1S/C11H12O3/c1-11(7-14-11)9(10(12)13)8-5-3-2-4-6-8/h2-6,9H,7H2,1H3,(H,12,13). The molecule has 0 saturated carbocycles. The number of carboxylic acids is 1. The third kappa shape index (κ3) is 1.51. The predicted molar refractivity (Wildman–Crippen MR) is 51.2 cm³/mol. The molecular formula is C11H12O3. The largest absolute Gasteiger partial charge is 0.481 e. The third-order valence-electron chi connectivity index (χ3n) is 2.59. The minimum absolute atomic E-state index is 0.507. The fourth-order valence-electron chi connectivity index (χ4n) is 1.68. The summed E-state index contributed by atoms with van der Waals surface area (Å²) < 4.78 is 5.19. The Kier molecular flexibility index (Phi) is 2.04. The Hall–Kier alpha value is -1.35. The zero-order valence-corrected chi connectivity index (χ0v) is 7.93. The molecule has 0 amide bonds. The number of carboxylic acid groups (broad SMARTS) is 1. The molecule has 1 aromatic rings. The SMILES string of the molecule is CC1(C(C(=O)O)c2ccccc2)CO1. The quantitative estimate of drug-likeness (QED) is 0.741. The summed E-state index contributed by atoms with van der Waals surface area (Å²) in [4.78, 5) is 11.1. The van der Waals surface area contributed by atoms with Gasteiger partial charge >= 0.3 is 5.97 Å². The Bertz CT molecular complexity index is 341. The van der Waals surface area contributed by atoms with E-state index < -0.39 is 17.5 Å². The van der Waals surface area contributed by atoms with Crippen molar-refractivity contribution in [3.05, 3.63) is 35.9 Å². The number of ether oxygens (including phenoxy) is 1. The van der Waals surface area contributed by atoms with Gasteiger partial charge in [-0.15, -0.1) is 0 Å². The normalized spacial score (nSPS) is 26.9. The molecule has 0 spiro atoms. The zero-order valence-electron chi connectivity index (χ0n) is 7.93. The molecule has 1 aromatic carbocycles. The van der Waals surface area contributed by atoms with Gasteiger partial charge in [0, 0.05) is 0 Å². The summed E-state index contributed by atoms with van der Waals surface area (Å²) >= 11 is 0. The van der Waals surface area contributed by atoms with Crippen LogP contribution in [0.1, 0.15) is 18.4 Å². The van der Waals surface area contributed by atoms with Crippen molar-refractivity contribution in [2.45, 2.75) is 18.4 Å². The predicted octanol–water partition coefficient (Wildman–Crippen LogP) is 1.64. The highest BCUT2D eigenvalue weighted by Gasteiger charge is 2.51. The third-order valence-corrected chi connectivity index (χ3v) is 2.59. The maximum atomic E-state index is 11.1. The van der Waals surface area contributed by atoms with E-state index in [1.54, 1.807) is 0 Å². The van der Waals surface area contributed by atoms with Crippen molar-refractivity contribution in [1.82, 2.24) is 0 Å². The Morgan fingerprint density at radius 2 is 2.07 bits per heavy atom. The molecule has 1 N–H and O–H groups in total. The lowest BCUT2D eigenvalue weighted by Crippen LogP contribution is -2.26. The van der Waals surface area contributed by atoms with Gasteiger partial charge in [0.2, 0.25) is 0 Å². The number of carbonyl (C=O) groups is 1. The molecule has 0 bridgehead atoms. The van der Waals surface area contributed by atoms with Gasteiger partial charge in [0.1, 0.15) is 11.5 Å². The summed E-state index contributed by atoms with van der Waals surface area (Å²) in [6, 6.07) is 9.21. The first kappa shape index (κ1) is 9.21. The monoisotopic (exact) mass is 192 g/mol. The summed E-state index contributed by atoms with van der Waals surface area (Å²) in [5.41, 5.74) is 0.299. The number of benzene rings is 1. The van der Waals surface area contributed by atoms with Gasteiger partial charge in [0.25, 0.3) is 0 Å². The minimum atomic E-state index is -0.823. The second-order valence-electron chi connectivity index (χ2n) is 3.78. The molecule has 1 aliphatic rings. The van der Waals surface area contributed by atoms with Crippen molar-refractivity contribution in [1.29, 1.82) is 0 Å². The fraction of sp³-hybridized carbons (Fsp3) is 0.364. The summed E-state index contributed by atoms with van der Waals surface area (Å²) in [6.45, 7) is 2.36. The molecule has 1 fully saturated rings. The van der Waals surface area contributed by atoms with Crippen LogP contribution in [0.2, 0.25) is 0 Å². The van der Waals surface area contributed by atoms with Gasteiger partial charge in [-0.2, -0.15) is 0 Å². The number of rotatable bonds is 3. The van der Waals surface area contributed by atoms with E-state index in [1.807, 2.05) is 37.3 Å². The molecule has 2 unspecified atom stereocenters. The Morgan fingerprint density at radius 3 is 2.50 bits per heavy atom. The van der Waals surface area contributed by atoms with Crippen LogP contribution < -0.4 is 0 Å². The molecule has 1 saturated heterocycles. The molecular weight excluding hydrogens is 180 g/mol. The second kappa shape index (κ2) is 3.10. The van der Waals surface area contributed by atoms with E-state index in [2.05, 4.69) is 0 Å². The first-order valence-electron chi connectivity index (χ1n) is 4.55. The zero-order chi connectivity index (χ0) is 10.2. The molecule has 1 aliphatic heterocycles. The van der Waals surface area contributed by atoms with E-state index in [9.17, 15) is 4.79 Å². The average molecular weight is 192 g/mol. The first-order valence-corrected chi connectivity index (χ1v) is 4.55. The van der Waals surface area contributed by atoms with Gasteiger partial charge in [-0.25, -0.2) is 0 Å². The van der Waals surface area contributed by atoms with Gasteiger partial charge in [-0.1, -0.05) is 30.3 Å². The smallest absolute Gasteiger partial charge is 0.314 e. The fourth-order valence-corrected chi connectivity index (χ4v) is 1.68. The van der Waals surface area contributed by atoms with E-state index in [0.717, 1.165) is 5.56 Å². The van der Waals surface area contributed by atoms with E-state index in [1.165, 1.54) is 0 Å². The maximum absolute atomic E-state index is 11.1. The lowest BCUT2D eigenvalue weighted by molar-refractivity contribution is -0.140. The van der Waals surface area contributed by atoms with Crippen LogP contribution in [0.15, 0.2) is 30.3 Å². The second-order valence-corrected chi connectivity index (χ2v) is 3.78. The van der Waals surface area contributed by atoms with Crippen LogP contribution in [0.3, 0.4) is 0 Å². The molecule has 74 valence electrons. The number of hydrogen-bond donors (Lipinski definition) is 1. The average Bonchev–Trinajstić information content (AvgIpc) is 2.85. The molecule has 14 heavy (non-hydrogen) atoms. The summed E-state index contributed by atoms with van der Waals surface area (Å²) in [5.74, 6) is -1.38. The van der Waals surface area contributed by atoms with Gasteiger partial charge in [0.05, 0.1) is 6.61 Å². The highest BCUT2D eigenvalue weighted by molar-refractivity contribution is 5.78. The van der Waals surface area contributed by atoms with Crippen molar-refractivity contribution in [3.8, 4) is 0 Å². The molecule has 2 atom stereocenters. The number of aliphatic carboxylic acids is 1. The summed E-state index contributed by atoms with van der Waals surface area (Å²) in [7, 11) is 0. The van der Waals surface area contributed by atoms with Crippen LogP contribution in [-0.2, 0) is 9.53 Å². The number of hydrogen-bond acceptors (Lipinski definition) is 2. The molecule has 1 heterocycles. The van der Waals surface area contributed by atoms with E-state index >= 15 is 0 Å². The van der Waals surface area contributed by atoms with Gasteiger partial charge in [-0.05, 0) is 12.5 Å². The van der Waals surface area contributed by atoms with Crippen LogP contribution in [0.25, 0.3) is 0 Å². The molecule has 3 nitrogen and oxygen atoms in total. The van der Waals surface area contributed by atoms with Crippen molar-refractivity contribution in [2.75, 3.05) is 6.61 Å². The number of epoxide rings is 1. The van der Waals surface area contributed by atoms with Crippen LogP contribution >= 0.6 is 0 Å². The molecule has 2 rings (SSSR count). The minimum Gasteiger partial charge on any atom is -0.481 e. The van der Waals surface area contributed by atoms with Crippen molar-refractivity contribution >= 4 is 5.97 Å². The van der Waals surface area contributed by atoms with Crippen LogP contribution in [-0.4, -0.2) is 23.3 Å². The van der Waals surface area contributed by atoms with Gasteiger partial charge in [0.15, 0.2) is 0 Å². The molecule has 0 aromatic heterocycles. The van der Waals surface area contributed by atoms with Crippen LogP contribution in [0, 0.1) is 0 Å². The molecule has 0 aliphatic carbocycles. The first-order chi connectivity index (χ1) is 6.63. The lowest BCUT2D eigenvalue weighted by Gasteiger charge is -2.16. The van der Waals surface area contributed by atoms with E-state index in [4.69, 9.17) is 9.84 Å². The topological polar surface area (TPSA) is 49.8 Å². The van der Waals surface area contributed by atoms with Crippen molar-refractivity contribution < 1.29 is 14.6 Å².